The normalized spacial score (nSPS) is 18.6. The molecule has 1 atom stereocenters. The lowest BCUT2D eigenvalue weighted by Gasteiger charge is -2.30. The quantitative estimate of drug-likeness (QED) is 0.777. The summed E-state index contributed by atoms with van der Waals surface area (Å²) in [6.45, 7) is 0.827. The van der Waals surface area contributed by atoms with Crippen LogP contribution in [0, 0.1) is 5.92 Å². The number of aromatic carboxylic acids is 1. The van der Waals surface area contributed by atoms with Crippen LogP contribution in [-0.2, 0) is 4.79 Å². The van der Waals surface area contributed by atoms with Gasteiger partial charge in [0.05, 0.1) is 11.5 Å². The van der Waals surface area contributed by atoms with Crippen molar-refractivity contribution in [2.75, 3.05) is 18.4 Å². The Morgan fingerprint density at radius 3 is 2.85 bits per heavy atom. The minimum atomic E-state index is -1.08. The van der Waals surface area contributed by atoms with Crippen molar-refractivity contribution in [2.24, 2.45) is 11.7 Å². The van der Waals surface area contributed by atoms with Gasteiger partial charge in [-0.3, -0.25) is 4.79 Å². The van der Waals surface area contributed by atoms with Gasteiger partial charge < -0.3 is 21.1 Å². The van der Waals surface area contributed by atoms with Gasteiger partial charge in [0, 0.05) is 13.1 Å². The Labute approximate surface area is 119 Å². The Kier molecular flexibility index (Phi) is 4.23. The summed E-state index contributed by atoms with van der Waals surface area (Å²) in [7, 11) is 0. The molecule has 108 valence electrons. The summed E-state index contributed by atoms with van der Waals surface area (Å²) in [6, 6.07) is 0.906. The van der Waals surface area contributed by atoms with E-state index in [-0.39, 0.29) is 23.9 Å². The second kappa shape index (κ2) is 5.91. The van der Waals surface area contributed by atoms with Gasteiger partial charge in [-0.05, 0) is 24.3 Å². The number of nitrogens with zero attached hydrogens (tertiary/aromatic N) is 1. The standard InChI is InChI=1S/C12H15N3O4S/c13-12(19)15-4-1-2-7(6-15)9(16)14-10-8(11(17)18)3-5-20-10/h3,5,7H,1-2,4,6H2,(H2,13,19)(H,14,16)(H,17,18). The number of piperidine rings is 1. The second-order valence-electron chi connectivity index (χ2n) is 4.58. The number of carboxylic acid groups (broad SMARTS) is 1. The summed E-state index contributed by atoms with van der Waals surface area (Å²) in [6.07, 6.45) is 1.36. The van der Waals surface area contributed by atoms with Crippen molar-refractivity contribution in [3.05, 3.63) is 17.0 Å². The van der Waals surface area contributed by atoms with Gasteiger partial charge in [0.1, 0.15) is 5.00 Å². The molecule has 20 heavy (non-hydrogen) atoms. The van der Waals surface area contributed by atoms with Crippen LogP contribution in [0.2, 0.25) is 0 Å². The number of nitrogens with one attached hydrogen (secondary N) is 1. The molecular formula is C12H15N3O4S. The number of rotatable bonds is 3. The number of carbonyl (C=O) groups excluding carboxylic acids is 2. The number of likely N-dealkylation sites (tertiary alicyclic amines) is 1. The molecule has 7 nitrogen and oxygen atoms in total. The molecule has 0 aromatic carbocycles. The van der Waals surface area contributed by atoms with Crippen LogP contribution in [0.3, 0.4) is 0 Å². The highest BCUT2D eigenvalue weighted by Gasteiger charge is 2.28. The van der Waals surface area contributed by atoms with E-state index in [9.17, 15) is 14.4 Å². The Morgan fingerprint density at radius 1 is 1.45 bits per heavy atom. The number of carboxylic acids is 1. The van der Waals surface area contributed by atoms with E-state index in [2.05, 4.69) is 5.32 Å². The number of primary amides is 1. The van der Waals surface area contributed by atoms with E-state index in [0.29, 0.717) is 24.4 Å². The predicted molar refractivity (Wildman–Crippen MR) is 73.8 cm³/mol. The second-order valence-corrected chi connectivity index (χ2v) is 5.50. The topological polar surface area (TPSA) is 113 Å². The van der Waals surface area contributed by atoms with Crippen molar-refractivity contribution in [2.45, 2.75) is 12.8 Å². The van der Waals surface area contributed by atoms with Crippen molar-refractivity contribution in [3.8, 4) is 0 Å². The maximum absolute atomic E-state index is 12.1. The lowest BCUT2D eigenvalue weighted by molar-refractivity contribution is -0.121. The lowest BCUT2D eigenvalue weighted by Crippen LogP contribution is -2.46. The Morgan fingerprint density at radius 2 is 2.20 bits per heavy atom. The van der Waals surface area contributed by atoms with E-state index in [1.54, 1.807) is 5.38 Å². The van der Waals surface area contributed by atoms with E-state index in [4.69, 9.17) is 10.8 Å². The van der Waals surface area contributed by atoms with Crippen molar-refractivity contribution < 1.29 is 19.5 Å². The van der Waals surface area contributed by atoms with Crippen LogP contribution in [0.4, 0.5) is 9.80 Å². The van der Waals surface area contributed by atoms with Gasteiger partial charge in [0.25, 0.3) is 0 Å². The summed E-state index contributed by atoms with van der Waals surface area (Å²) < 4.78 is 0. The molecule has 0 saturated carbocycles. The summed E-state index contributed by atoms with van der Waals surface area (Å²) in [5.41, 5.74) is 5.28. The molecule has 0 spiro atoms. The van der Waals surface area contributed by atoms with Gasteiger partial charge in [-0.2, -0.15) is 0 Å². The number of hydrogen-bond acceptors (Lipinski definition) is 4. The Hall–Kier alpha value is -2.09. The smallest absolute Gasteiger partial charge is 0.338 e. The van der Waals surface area contributed by atoms with Crippen LogP contribution in [0.25, 0.3) is 0 Å². The first-order valence-corrected chi connectivity index (χ1v) is 7.03. The highest BCUT2D eigenvalue weighted by atomic mass is 32.1. The van der Waals surface area contributed by atoms with Gasteiger partial charge in [-0.15, -0.1) is 11.3 Å². The molecule has 4 N–H and O–H groups in total. The molecule has 1 aliphatic heterocycles. The van der Waals surface area contributed by atoms with E-state index in [1.807, 2.05) is 0 Å². The van der Waals surface area contributed by atoms with Crippen LogP contribution in [0.5, 0.6) is 0 Å². The molecule has 2 heterocycles. The maximum Gasteiger partial charge on any atom is 0.338 e. The molecule has 0 radical (unpaired) electrons. The number of hydrogen-bond donors (Lipinski definition) is 3. The molecule has 3 amide bonds. The molecule has 1 aromatic heterocycles. The fraction of sp³-hybridized carbons (Fsp3) is 0.417. The monoisotopic (exact) mass is 297 g/mol. The highest BCUT2D eigenvalue weighted by Crippen LogP contribution is 2.25. The average Bonchev–Trinajstić information content (AvgIpc) is 2.87. The molecule has 2 rings (SSSR count). The summed E-state index contributed by atoms with van der Waals surface area (Å²) in [4.78, 5) is 35.7. The largest absolute Gasteiger partial charge is 0.478 e. The number of urea groups is 1. The third kappa shape index (κ3) is 3.08. The zero-order valence-corrected chi connectivity index (χ0v) is 11.5. The lowest BCUT2D eigenvalue weighted by atomic mass is 9.97. The Bertz CT molecular complexity index is 543. The van der Waals surface area contributed by atoms with Crippen molar-refractivity contribution in [1.29, 1.82) is 0 Å². The average molecular weight is 297 g/mol. The zero-order valence-electron chi connectivity index (χ0n) is 10.7. The fourth-order valence-electron chi connectivity index (χ4n) is 2.18. The van der Waals surface area contributed by atoms with Crippen LogP contribution < -0.4 is 11.1 Å². The first-order valence-electron chi connectivity index (χ1n) is 6.15. The molecule has 1 unspecified atom stereocenters. The van der Waals surface area contributed by atoms with Crippen LogP contribution in [0.1, 0.15) is 23.2 Å². The zero-order chi connectivity index (χ0) is 14.7. The maximum atomic E-state index is 12.1. The van der Waals surface area contributed by atoms with E-state index >= 15 is 0 Å². The van der Waals surface area contributed by atoms with Crippen molar-refractivity contribution in [1.82, 2.24) is 4.90 Å². The molecular weight excluding hydrogens is 282 g/mol. The Balaban J connectivity index is 2.02. The minimum absolute atomic E-state index is 0.0749. The van der Waals surface area contributed by atoms with Crippen molar-refractivity contribution in [3.63, 3.8) is 0 Å². The summed E-state index contributed by atoms with van der Waals surface area (Å²) in [5, 5.41) is 13.5. The molecule has 1 aromatic rings. The highest BCUT2D eigenvalue weighted by molar-refractivity contribution is 7.14. The van der Waals surface area contributed by atoms with E-state index in [0.717, 1.165) is 11.3 Å². The van der Waals surface area contributed by atoms with Crippen LogP contribution >= 0.6 is 11.3 Å². The first-order chi connectivity index (χ1) is 9.49. The minimum Gasteiger partial charge on any atom is -0.478 e. The SMILES string of the molecule is NC(=O)N1CCCC(C(=O)Nc2sccc2C(=O)O)C1. The number of nitrogens with two attached hydrogens (primary N) is 1. The molecule has 1 aliphatic rings. The van der Waals surface area contributed by atoms with Gasteiger partial charge >= 0.3 is 12.0 Å². The van der Waals surface area contributed by atoms with Crippen LogP contribution in [0.15, 0.2) is 11.4 Å². The molecule has 0 aliphatic carbocycles. The predicted octanol–water partition coefficient (Wildman–Crippen LogP) is 1.18. The van der Waals surface area contributed by atoms with Gasteiger partial charge in [0.2, 0.25) is 5.91 Å². The number of amides is 3. The molecule has 8 heteroatoms. The number of anilines is 1. The number of thiophene rings is 1. The van der Waals surface area contributed by atoms with Gasteiger partial charge in [0.15, 0.2) is 0 Å². The number of carbonyl (C=O) groups is 3. The van der Waals surface area contributed by atoms with Crippen LogP contribution in [-0.4, -0.2) is 41.0 Å². The summed E-state index contributed by atoms with van der Waals surface area (Å²) >= 11 is 1.16. The van der Waals surface area contributed by atoms with Crippen molar-refractivity contribution >= 4 is 34.2 Å². The summed E-state index contributed by atoms with van der Waals surface area (Å²) in [5.74, 6) is -1.72. The molecule has 1 saturated heterocycles. The van der Waals surface area contributed by atoms with E-state index in [1.165, 1.54) is 11.0 Å². The van der Waals surface area contributed by atoms with Gasteiger partial charge in [-0.25, -0.2) is 9.59 Å². The fourth-order valence-corrected chi connectivity index (χ4v) is 2.96. The third-order valence-corrected chi connectivity index (χ3v) is 4.07. The molecule has 1 fully saturated rings. The van der Waals surface area contributed by atoms with Gasteiger partial charge in [-0.1, -0.05) is 0 Å². The van der Waals surface area contributed by atoms with E-state index < -0.39 is 12.0 Å². The first kappa shape index (κ1) is 14.3. The molecule has 0 bridgehead atoms. The third-order valence-electron chi connectivity index (χ3n) is 3.24.